The van der Waals surface area contributed by atoms with E-state index >= 15 is 0 Å². The Balaban J connectivity index is 1.73. The molecule has 1 aliphatic rings. The fourth-order valence-corrected chi connectivity index (χ4v) is 2.57. The van der Waals surface area contributed by atoms with Crippen LogP contribution in [-0.2, 0) is 13.6 Å². The number of ether oxygens (including phenoxy) is 1. The Morgan fingerprint density at radius 2 is 2.22 bits per heavy atom. The normalized spacial score (nSPS) is 13.6. The lowest BCUT2D eigenvalue weighted by atomic mass is 10.1. The number of allylic oxidation sites excluding steroid dienone is 6. The number of hydrogen-bond acceptors (Lipinski definition) is 3. The Kier molecular flexibility index (Phi) is 4.62. The van der Waals surface area contributed by atoms with Crippen LogP contribution in [-0.4, -0.2) is 16.7 Å². The highest BCUT2D eigenvalue weighted by Gasteiger charge is 2.09. The predicted molar refractivity (Wildman–Crippen MR) is 94.4 cm³/mol. The number of imidazole rings is 1. The van der Waals surface area contributed by atoms with Crippen molar-refractivity contribution < 1.29 is 4.74 Å². The summed E-state index contributed by atoms with van der Waals surface area (Å²) in [6, 6.07) is 8.04. The Morgan fingerprint density at radius 1 is 1.30 bits per heavy atom. The number of aromatic nitrogens is 2. The molecule has 0 saturated carbocycles. The van der Waals surface area contributed by atoms with Gasteiger partial charge in [-0.2, -0.15) is 0 Å². The summed E-state index contributed by atoms with van der Waals surface area (Å²) in [7, 11) is 3.71. The lowest BCUT2D eigenvalue weighted by Crippen LogP contribution is -2.06. The maximum atomic E-state index is 5.26. The Labute approximate surface area is 136 Å². The van der Waals surface area contributed by atoms with E-state index in [0.29, 0.717) is 6.54 Å². The molecule has 2 aromatic rings. The molecule has 3 rings (SSSR count). The van der Waals surface area contributed by atoms with E-state index in [0.717, 1.165) is 29.4 Å². The van der Waals surface area contributed by atoms with Crippen molar-refractivity contribution in [2.75, 3.05) is 12.4 Å². The van der Waals surface area contributed by atoms with Gasteiger partial charge in [-0.1, -0.05) is 42.5 Å². The topological polar surface area (TPSA) is 39.1 Å². The van der Waals surface area contributed by atoms with E-state index in [9.17, 15) is 0 Å². The summed E-state index contributed by atoms with van der Waals surface area (Å²) in [6.45, 7) is 0.706. The SMILES string of the molecule is COc1cccc(CNc2ncc(C3=CCC=CC=C3)n2C)c1. The van der Waals surface area contributed by atoms with Gasteiger partial charge in [-0.15, -0.1) is 0 Å². The molecule has 23 heavy (non-hydrogen) atoms. The zero-order valence-corrected chi connectivity index (χ0v) is 13.5. The van der Waals surface area contributed by atoms with Crippen LogP contribution in [0.2, 0.25) is 0 Å². The van der Waals surface area contributed by atoms with Crippen LogP contribution in [0.5, 0.6) is 5.75 Å². The third kappa shape index (κ3) is 3.54. The molecule has 0 amide bonds. The third-order valence-electron chi connectivity index (χ3n) is 3.87. The fourth-order valence-electron chi connectivity index (χ4n) is 2.57. The van der Waals surface area contributed by atoms with Gasteiger partial charge in [0.25, 0.3) is 0 Å². The quantitative estimate of drug-likeness (QED) is 0.909. The van der Waals surface area contributed by atoms with Crippen LogP contribution >= 0.6 is 0 Å². The van der Waals surface area contributed by atoms with Crippen LogP contribution in [0.15, 0.2) is 60.8 Å². The highest BCUT2D eigenvalue weighted by atomic mass is 16.5. The van der Waals surface area contributed by atoms with E-state index < -0.39 is 0 Å². The first-order valence-corrected chi connectivity index (χ1v) is 7.70. The van der Waals surface area contributed by atoms with Crippen molar-refractivity contribution in [3.8, 4) is 5.75 Å². The minimum Gasteiger partial charge on any atom is -0.497 e. The second-order valence-corrected chi connectivity index (χ2v) is 5.41. The number of hydrogen-bond donors (Lipinski definition) is 1. The minimum absolute atomic E-state index is 0.706. The molecular formula is C19H21N3O. The summed E-state index contributed by atoms with van der Waals surface area (Å²) in [5, 5.41) is 3.39. The van der Waals surface area contributed by atoms with Crippen molar-refractivity contribution in [1.29, 1.82) is 0 Å². The summed E-state index contributed by atoms with van der Waals surface area (Å²) in [5.41, 5.74) is 3.46. The number of nitrogens with zero attached hydrogens (tertiary/aromatic N) is 2. The number of rotatable bonds is 5. The number of nitrogens with one attached hydrogen (secondary N) is 1. The van der Waals surface area contributed by atoms with Gasteiger partial charge in [0.1, 0.15) is 5.75 Å². The van der Waals surface area contributed by atoms with Crippen molar-refractivity contribution >= 4 is 11.5 Å². The Hall–Kier alpha value is -2.75. The summed E-state index contributed by atoms with van der Waals surface area (Å²) in [6.07, 6.45) is 13.5. The fraction of sp³-hybridized carbons (Fsp3) is 0.211. The van der Waals surface area contributed by atoms with E-state index in [-0.39, 0.29) is 0 Å². The molecule has 0 saturated heterocycles. The van der Waals surface area contributed by atoms with Crippen LogP contribution in [0.4, 0.5) is 5.95 Å². The molecule has 4 heteroatoms. The number of methoxy groups -OCH3 is 1. The van der Waals surface area contributed by atoms with E-state index in [2.05, 4.69) is 51.3 Å². The largest absolute Gasteiger partial charge is 0.497 e. The van der Waals surface area contributed by atoms with Crippen molar-refractivity contribution in [3.63, 3.8) is 0 Å². The van der Waals surface area contributed by atoms with Crippen LogP contribution in [0.1, 0.15) is 17.7 Å². The maximum Gasteiger partial charge on any atom is 0.203 e. The molecule has 1 heterocycles. The minimum atomic E-state index is 0.706. The van der Waals surface area contributed by atoms with Gasteiger partial charge in [-0.3, -0.25) is 0 Å². The van der Waals surface area contributed by atoms with Crippen LogP contribution < -0.4 is 10.1 Å². The molecule has 1 aliphatic carbocycles. The molecule has 0 atom stereocenters. The molecule has 0 fully saturated rings. The standard InChI is InChI=1S/C19H21N3O/c1-22-18(16-9-5-3-4-6-10-16)14-21-19(22)20-13-15-8-7-11-17(12-15)23-2/h3-5,7-12,14H,6,13H2,1-2H3,(H,20,21). The molecule has 0 bridgehead atoms. The summed E-state index contributed by atoms with van der Waals surface area (Å²) >= 11 is 0. The summed E-state index contributed by atoms with van der Waals surface area (Å²) in [5.74, 6) is 1.72. The second kappa shape index (κ2) is 7.01. The van der Waals surface area contributed by atoms with Crippen LogP contribution in [0, 0.1) is 0 Å². The molecule has 0 spiro atoms. The summed E-state index contributed by atoms with van der Waals surface area (Å²) < 4.78 is 7.34. The average molecular weight is 307 g/mol. The zero-order chi connectivity index (χ0) is 16.1. The number of benzene rings is 1. The van der Waals surface area contributed by atoms with Crippen LogP contribution in [0.25, 0.3) is 5.57 Å². The van der Waals surface area contributed by atoms with Gasteiger partial charge in [-0.05, 0) is 29.7 Å². The van der Waals surface area contributed by atoms with Crippen molar-refractivity contribution in [2.24, 2.45) is 7.05 Å². The molecule has 118 valence electrons. The first kappa shape index (κ1) is 15.2. The van der Waals surface area contributed by atoms with Crippen molar-refractivity contribution in [2.45, 2.75) is 13.0 Å². The molecule has 0 unspecified atom stereocenters. The van der Waals surface area contributed by atoms with Gasteiger partial charge < -0.3 is 14.6 Å². The lowest BCUT2D eigenvalue weighted by molar-refractivity contribution is 0.414. The smallest absolute Gasteiger partial charge is 0.203 e. The van der Waals surface area contributed by atoms with Gasteiger partial charge >= 0.3 is 0 Å². The van der Waals surface area contributed by atoms with Crippen LogP contribution in [0.3, 0.4) is 0 Å². The van der Waals surface area contributed by atoms with E-state index in [1.807, 2.05) is 31.4 Å². The molecule has 1 aromatic heterocycles. The van der Waals surface area contributed by atoms with Gasteiger partial charge in [0, 0.05) is 13.6 Å². The maximum absolute atomic E-state index is 5.26. The Bertz CT molecular complexity index is 769. The number of anilines is 1. The highest BCUT2D eigenvalue weighted by Crippen LogP contribution is 2.22. The molecule has 4 nitrogen and oxygen atoms in total. The molecule has 1 aromatic carbocycles. The average Bonchev–Trinajstić information content (AvgIpc) is 2.79. The van der Waals surface area contributed by atoms with Crippen molar-refractivity contribution in [3.05, 3.63) is 72.1 Å². The lowest BCUT2D eigenvalue weighted by Gasteiger charge is -2.09. The second-order valence-electron chi connectivity index (χ2n) is 5.41. The third-order valence-corrected chi connectivity index (χ3v) is 3.87. The zero-order valence-electron chi connectivity index (χ0n) is 13.5. The Morgan fingerprint density at radius 3 is 3.09 bits per heavy atom. The van der Waals surface area contributed by atoms with E-state index in [4.69, 9.17) is 4.74 Å². The molecule has 0 aliphatic heterocycles. The first-order valence-electron chi connectivity index (χ1n) is 7.70. The van der Waals surface area contributed by atoms with Gasteiger partial charge in [0.15, 0.2) is 0 Å². The molecule has 1 N–H and O–H groups in total. The highest BCUT2D eigenvalue weighted by molar-refractivity contribution is 5.73. The first-order chi connectivity index (χ1) is 11.3. The van der Waals surface area contributed by atoms with Gasteiger partial charge in [0.05, 0.1) is 19.0 Å². The molecule has 0 radical (unpaired) electrons. The van der Waals surface area contributed by atoms with Gasteiger partial charge in [0.2, 0.25) is 5.95 Å². The predicted octanol–water partition coefficient (Wildman–Crippen LogP) is 3.94. The summed E-state index contributed by atoms with van der Waals surface area (Å²) in [4.78, 5) is 4.50. The van der Waals surface area contributed by atoms with E-state index in [1.54, 1.807) is 7.11 Å². The van der Waals surface area contributed by atoms with E-state index in [1.165, 1.54) is 5.57 Å². The monoisotopic (exact) mass is 307 g/mol. The van der Waals surface area contributed by atoms with Crippen molar-refractivity contribution in [1.82, 2.24) is 9.55 Å². The van der Waals surface area contributed by atoms with Gasteiger partial charge in [-0.25, -0.2) is 4.98 Å². The molecular weight excluding hydrogens is 286 g/mol.